The van der Waals surface area contributed by atoms with Gasteiger partial charge in [0.05, 0.1) is 5.69 Å². The Morgan fingerprint density at radius 2 is 1.05 bits per heavy atom. The molecule has 0 amide bonds. The molecular formula is C54H63N2OPt-. The zero-order chi connectivity index (χ0) is 44.2. The molecule has 2 aromatic heterocycles. The van der Waals surface area contributed by atoms with Gasteiger partial charge in [-0.1, -0.05) is 163 Å². The number of benzene rings is 4. The second-order valence-corrected chi connectivity index (χ2v) is 19.0. The van der Waals surface area contributed by atoms with Crippen LogP contribution in [-0.4, -0.2) is 15.1 Å². The van der Waals surface area contributed by atoms with Crippen LogP contribution in [0.4, 0.5) is 0 Å². The van der Waals surface area contributed by atoms with Gasteiger partial charge >= 0.3 is 0 Å². The zero-order valence-corrected chi connectivity index (χ0v) is 39.2. The first-order chi connectivity index (χ1) is 28.0. The van der Waals surface area contributed by atoms with Gasteiger partial charge in [-0.25, -0.2) is 0 Å². The van der Waals surface area contributed by atoms with Gasteiger partial charge < -0.3 is 5.11 Å². The van der Waals surface area contributed by atoms with Crippen molar-refractivity contribution < 1.29 is 30.3 Å². The summed E-state index contributed by atoms with van der Waals surface area (Å²) >= 11 is 0. The van der Waals surface area contributed by atoms with E-state index in [2.05, 4.69) is 152 Å². The van der Waals surface area contributed by atoms with E-state index in [1.807, 2.05) is 24.3 Å². The van der Waals surface area contributed by atoms with Crippen molar-refractivity contribution in [1.82, 2.24) is 9.97 Å². The summed E-state index contributed by atoms with van der Waals surface area (Å²) in [5.74, 6) is 1.18. The summed E-state index contributed by atoms with van der Waals surface area (Å²) in [5.41, 5.74) is 13.1. The van der Waals surface area contributed by atoms with Gasteiger partial charge in [0.1, 0.15) is 5.75 Å². The van der Waals surface area contributed by atoms with Gasteiger partial charge in [-0.05, 0) is 103 Å². The molecule has 58 heavy (non-hydrogen) atoms. The minimum Gasteiger partial charge on any atom is -0.507 e. The standard InChI is InChI=1S/C54H63N2O.Pt/c1-32(2)41-20-16-21-42(33(3)4)50(41)38-24-25-55-47(27-38)36-18-15-19-37(26-36)48-28-39(51-43(34(5)6)22-17-23-44(51)35(7)8)29-49(56-48)45-30-40(53(9,10)11)31-46(52(45)57)54(12,13)14;/h15-25,27-35,57H,1-14H3;/q-1;/i15D,18D,19D;. The van der Waals surface area contributed by atoms with Crippen molar-refractivity contribution in [3.8, 4) is 61.8 Å². The monoisotopic (exact) mass is 953 g/mol. The number of aromatic nitrogens is 2. The second-order valence-electron chi connectivity index (χ2n) is 19.0. The van der Waals surface area contributed by atoms with E-state index in [1.165, 1.54) is 22.3 Å². The van der Waals surface area contributed by atoms with Crippen LogP contribution in [0.5, 0.6) is 5.75 Å². The number of phenolic OH excluding ortho intramolecular Hbond substituents is 1. The summed E-state index contributed by atoms with van der Waals surface area (Å²) < 4.78 is 27.7. The summed E-state index contributed by atoms with van der Waals surface area (Å²) in [4.78, 5) is 10.0. The van der Waals surface area contributed by atoms with E-state index in [0.717, 1.165) is 33.4 Å². The molecule has 0 aliphatic rings. The maximum atomic E-state index is 12.2. The molecule has 3 nitrogen and oxygen atoms in total. The predicted molar refractivity (Wildman–Crippen MR) is 243 cm³/mol. The predicted octanol–water partition coefficient (Wildman–Crippen LogP) is 15.4. The summed E-state index contributed by atoms with van der Waals surface area (Å²) in [7, 11) is 0. The van der Waals surface area contributed by atoms with Crippen LogP contribution in [0.15, 0.2) is 97.1 Å². The van der Waals surface area contributed by atoms with Crippen LogP contribution in [0.1, 0.15) is 158 Å². The third kappa shape index (κ3) is 9.26. The fourth-order valence-corrected chi connectivity index (χ4v) is 7.87. The Labute approximate surface area is 368 Å². The summed E-state index contributed by atoms with van der Waals surface area (Å²) in [6.45, 7) is 30.5. The molecule has 0 fully saturated rings. The molecule has 6 rings (SSSR count). The summed E-state index contributed by atoms with van der Waals surface area (Å²) in [6, 6.07) is 28.2. The fraction of sp³-hybridized carbons (Fsp3) is 0.370. The second kappa shape index (κ2) is 17.5. The first kappa shape index (κ1) is 40.4. The third-order valence-electron chi connectivity index (χ3n) is 11.1. The average molecular weight is 954 g/mol. The van der Waals surface area contributed by atoms with Crippen LogP contribution >= 0.6 is 0 Å². The molecule has 0 aliphatic carbocycles. The molecule has 4 heteroatoms. The van der Waals surface area contributed by atoms with Gasteiger partial charge in [-0.2, -0.15) is 0 Å². The van der Waals surface area contributed by atoms with Crippen LogP contribution in [0, 0.1) is 6.07 Å². The van der Waals surface area contributed by atoms with Gasteiger partial charge in [0.25, 0.3) is 0 Å². The van der Waals surface area contributed by atoms with Crippen LogP contribution in [-0.2, 0) is 31.9 Å². The molecule has 0 atom stereocenters. The van der Waals surface area contributed by atoms with Gasteiger partial charge in [0, 0.05) is 53.9 Å². The van der Waals surface area contributed by atoms with Crippen molar-refractivity contribution >= 4 is 0 Å². The number of phenols is 1. The minimum absolute atomic E-state index is 0. The van der Waals surface area contributed by atoms with Gasteiger partial charge in [-0.15, -0.1) is 24.2 Å². The molecule has 0 spiro atoms. The third-order valence-corrected chi connectivity index (χ3v) is 11.1. The first-order valence-electron chi connectivity index (χ1n) is 22.2. The quantitative estimate of drug-likeness (QED) is 0.147. The normalized spacial score (nSPS) is 12.9. The Morgan fingerprint density at radius 3 is 1.53 bits per heavy atom. The Balaban J connectivity index is 0.00000704. The van der Waals surface area contributed by atoms with Crippen molar-refractivity contribution in [2.24, 2.45) is 0 Å². The van der Waals surface area contributed by atoms with E-state index in [-0.39, 0.29) is 79.4 Å². The first-order valence-corrected chi connectivity index (χ1v) is 20.7. The smallest absolute Gasteiger partial charge is 0.128 e. The maximum Gasteiger partial charge on any atom is 0.128 e. The van der Waals surface area contributed by atoms with E-state index < -0.39 is 0 Å². The van der Waals surface area contributed by atoms with Crippen LogP contribution in [0.3, 0.4) is 0 Å². The van der Waals surface area contributed by atoms with E-state index in [4.69, 9.17) is 9.97 Å². The molecule has 0 saturated carbocycles. The van der Waals surface area contributed by atoms with E-state index in [0.29, 0.717) is 33.8 Å². The fourth-order valence-electron chi connectivity index (χ4n) is 7.87. The van der Waals surface area contributed by atoms with E-state index in [1.54, 1.807) is 6.20 Å². The molecule has 6 aromatic rings. The van der Waals surface area contributed by atoms with Crippen LogP contribution in [0.25, 0.3) is 56.0 Å². The molecule has 0 saturated heterocycles. The largest absolute Gasteiger partial charge is 0.507 e. The van der Waals surface area contributed by atoms with E-state index in [9.17, 15) is 9.22 Å². The Kier molecular flexibility index (Phi) is 12.2. The number of pyridine rings is 2. The van der Waals surface area contributed by atoms with Crippen molar-refractivity contribution in [3.05, 3.63) is 137 Å². The average Bonchev–Trinajstić information content (AvgIpc) is 3.18. The number of aromatic hydroxyl groups is 1. The molecule has 4 aromatic carbocycles. The summed E-state index contributed by atoms with van der Waals surface area (Å²) in [6.07, 6.45) is 1.77. The number of rotatable bonds is 9. The van der Waals surface area contributed by atoms with Crippen molar-refractivity contribution in [2.45, 2.75) is 131 Å². The van der Waals surface area contributed by atoms with Crippen molar-refractivity contribution in [1.29, 1.82) is 0 Å². The molecular weight excluding hydrogens is 888 g/mol. The van der Waals surface area contributed by atoms with Gasteiger partial charge in [0.2, 0.25) is 0 Å². The zero-order valence-electron chi connectivity index (χ0n) is 40.0. The maximum absolute atomic E-state index is 12.2. The SMILES string of the molecule is [2H]c1c(-c2cc(-c3c(C(C)C)cccc3C(C)C)ccn2)[c-]c(-c2cc(-c3c(C(C)C)cccc3C(C)C)cc(-c3cc(C(C)(C)C)cc(C(C)(C)C)c3O)n2)c([2H])c1[2H].[Pt]. The molecule has 1 N–H and O–H groups in total. The molecule has 0 bridgehead atoms. The Bertz CT molecular complexity index is 2520. The Morgan fingerprint density at radius 1 is 0.586 bits per heavy atom. The number of hydrogen-bond donors (Lipinski definition) is 1. The molecule has 0 aliphatic heterocycles. The molecule has 2 heterocycles. The molecule has 0 radical (unpaired) electrons. The molecule has 0 unspecified atom stereocenters. The topological polar surface area (TPSA) is 46.0 Å². The number of nitrogens with zero attached hydrogens (tertiary/aromatic N) is 2. The van der Waals surface area contributed by atoms with Crippen molar-refractivity contribution in [3.63, 3.8) is 0 Å². The van der Waals surface area contributed by atoms with Gasteiger partial charge in [-0.3, -0.25) is 9.97 Å². The van der Waals surface area contributed by atoms with Crippen LogP contribution in [0.2, 0.25) is 0 Å². The minimum atomic E-state index is -0.357. The van der Waals surface area contributed by atoms with Gasteiger partial charge in [0.15, 0.2) is 0 Å². The van der Waals surface area contributed by atoms with Crippen molar-refractivity contribution in [2.75, 3.05) is 0 Å². The molecule has 306 valence electrons. The number of hydrogen-bond acceptors (Lipinski definition) is 3. The van der Waals surface area contributed by atoms with Crippen LogP contribution < -0.4 is 0 Å². The summed E-state index contributed by atoms with van der Waals surface area (Å²) in [5, 5.41) is 12.2. The Hall–Kier alpha value is -4.33. The van der Waals surface area contributed by atoms with E-state index >= 15 is 0 Å².